The molecule has 1 unspecified atom stereocenters. The van der Waals surface area contributed by atoms with Gasteiger partial charge in [0, 0.05) is 29.0 Å². The summed E-state index contributed by atoms with van der Waals surface area (Å²) in [5.74, 6) is -1.21. The number of carboxylic acid groups (broad SMARTS) is 1. The molecule has 0 aliphatic carbocycles. The summed E-state index contributed by atoms with van der Waals surface area (Å²) in [6.07, 6.45) is 1.39. The zero-order chi connectivity index (χ0) is 14.2. The molecule has 0 aliphatic rings. The highest BCUT2D eigenvalue weighted by Gasteiger charge is 2.16. The van der Waals surface area contributed by atoms with E-state index in [0.717, 1.165) is 16.4 Å². The number of hydrogen-bond donors (Lipinski definition) is 1. The molecule has 1 N–H and O–H groups in total. The zero-order valence-corrected chi connectivity index (χ0v) is 11.7. The molecular weight excluding hydrogens is 264 g/mol. The number of thiazole rings is 1. The van der Waals surface area contributed by atoms with Crippen LogP contribution in [-0.4, -0.2) is 20.6 Å². The van der Waals surface area contributed by atoms with Crippen LogP contribution in [0.15, 0.2) is 22.4 Å². The topological polar surface area (TPSA) is 72.2 Å². The first-order chi connectivity index (χ1) is 8.90. The Labute approximate surface area is 114 Å². The molecule has 100 valence electrons. The number of aromatic carboxylic acids is 1. The van der Waals surface area contributed by atoms with Crippen LogP contribution in [0.5, 0.6) is 0 Å². The summed E-state index contributed by atoms with van der Waals surface area (Å²) in [5.41, 5.74) is 0.967. The standard InChI is InChI=1S/C13H14N2O3S/c1-7-6-19-12(14-7)9(3)15-5-10(13(17)18)11(16)4-8(15)2/h4-6,9H,1-3H3,(H,17,18). The first-order valence-corrected chi connectivity index (χ1v) is 6.66. The summed E-state index contributed by atoms with van der Waals surface area (Å²) >= 11 is 1.52. The van der Waals surface area contributed by atoms with Crippen LogP contribution in [0, 0.1) is 13.8 Å². The summed E-state index contributed by atoms with van der Waals surface area (Å²) in [6.45, 7) is 5.62. The predicted molar refractivity (Wildman–Crippen MR) is 73.1 cm³/mol. The third kappa shape index (κ3) is 2.58. The first kappa shape index (κ1) is 13.5. The quantitative estimate of drug-likeness (QED) is 0.934. The monoisotopic (exact) mass is 278 g/mol. The summed E-state index contributed by atoms with van der Waals surface area (Å²) in [7, 11) is 0. The molecule has 2 aromatic heterocycles. The van der Waals surface area contributed by atoms with Crippen molar-refractivity contribution in [2.24, 2.45) is 0 Å². The van der Waals surface area contributed by atoms with E-state index in [2.05, 4.69) is 4.98 Å². The van der Waals surface area contributed by atoms with Crippen molar-refractivity contribution in [2.75, 3.05) is 0 Å². The summed E-state index contributed by atoms with van der Waals surface area (Å²) in [4.78, 5) is 27.0. The molecule has 0 aliphatic heterocycles. The van der Waals surface area contributed by atoms with E-state index in [1.54, 1.807) is 11.5 Å². The lowest BCUT2D eigenvalue weighted by atomic mass is 10.2. The van der Waals surface area contributed by atoms with Gasteiger partial charge >= 0.3 is 5.97 Å². The lowest BCUT2D eigenvalue weighted by Crippen LogP contribution is -2.21. The second kappa shape index (κ2) is 4.97. The van der Waals surface area contributed by atoms with Gasteiger partial charge in [-0.15, -0.1) is 11.3 Å². The maximum atomic E-state index is 11.6. The number of aromatic nitrogens is 2. The van der Waals surface area contributed by atoms with E-state index in [1.165, 1.54) is 23.6 Å². The highest BCUT2D eigenvalue weighted by atomic mass is 32.1. The molecule has 0 bridgehead atoms. The van der Waals surface area contributed by atoms with Crippen LogP contribution in [0.4, 0.5) is 0 Å². The van der Waals surface area contributed by atoms with Gasteiger partial charge in [-0.2, -0.15) is 0 Å². The number of hydrogen-bond acceptors (Lipinski definition) is 4. The van der Waals surface area contributed by atoms with Crippen molar-refractivity contribution in [1.82, 2.24) is 9.55 Å². The molecule has 0 aromatic carbocycles. The van der Waals surface area contributed by atoms with Crippen LogP contribution in [0.1, 0.15) is 39.7 Å². The van der Waals surface area contributed by atoms with E-state index in [0.29, 0.717) is 0 Å². The van der Waals surface area contributed by atoms with Crippen LogP contribution in [-0.2, 0) is 0 Å². The van der Waals surface area contributed by atoms with E-state index >= 15 is 0 Å². The Balaban J connectivity index is 2.53. The summed E-state index contributed by atoms with van der Waals surface area (Å²) < 4.78 is 1.77. The third-order valence-corrected chi connectivity index (χ3v) is 4.06. The molecule has 1 atom stereocenters. The van der Waals surface area contributed by atoms with Crippen molar-refractivity contribution in [2.45, 2.75) is 26.8 Å². The number of rotatable bonds is 3. The fraction of sp³-hybridized carbons (Fsp3) is 0.308. The Morgan fingerprint density at radius 2 is 2.16 bits per heavy atom. The van der Waals surface area contributed by atoms with Crippen LogP contribution in [0.25, 0.3) is 0 Å². The van der Waals surface area contributed by atoms with Gasteiger partial charge in [-0.05, 0) is 20.8 Å². The average molecular weight is 278 g/mol. The van der Waals surface area contributed by atoms with Crippen molar-refractivity contribution in [1.29, 1.82) is 0 Å². The lowest BCUT2D eigenvalue weighted by Gasteiger charge is -2.17. The minimum Gasteiger partial charge on any atom is -0.477 e. The second-order valence-electron chi connectivity index (χ2n) is 4.41. The molecule has 0 saturated heterocycles. The molecule has 0 spiro atoms. The Morgan fingerprint density at radius 1 is 1.47 bits per heavy atom. The van der Waals surface area contributed by atoms with Crippen LogP contribution in [0.3, 0.4) is 0 Å². The average Bonchev–Trinajstić information content (AvgIpc) is 2.74. The SMILES string of the molecule is Cc1csc(C(C)n2cc(C(=O)O)c(=O)cc2C)n1. The molecule has 0 fully saturated rings. The van der Waals surface area contributed by atoms with Gasteiger partial charge in [0.1, 0.15) is 10.6 Å². The molecule has 19 heavy (non-hydrogen) atoms. The first-order valence-electron chi connectivity index (χ1n) is 5.78. The van der Waals surface area contributed by atoms with Gasteiger partial charge in [-0.1, -0.05) is 0 Å². The van der Waals surface area contributed by atoms with Gasteiger partial charge in [0.2, 0.25) is 0 Å². The van der Waals surface area contributed by atoms with E-state index in [-0.39, 0.29) is 11.6 Å². The Bertz CT molecular complexity index is 687. The largest absolute Gasteiger partial charge is 0.477 e. The van der Waals surface area contributed by atoms with Crippen LogP contribution < -0.4 is 5.43 Å². The fourth-order valence-electron chi connectivity index (χ4n) is 1.91. The number of carboxylic acids is 1. The lowest BCUT2D eigenvalue weighted by molar-refractivity contribution is 0.0694. The number of nitrogens with zero attached hydrogens (tertiary/aromatic N) is 2. The van der Waals surface area contributed by atoms with E-state index < -0.39 is 11.4 Å². The highest BCUT2D eigenvalue weighted by molar-refractivity contribution is 7.09. The van der Waals surface area contributed by atoms with Crippen molar-refractivity contribution in [3.05, 3.63) is 49.8 Å². The van der Waals surface area contributed by atoms with E-state index in [4.69, 9.17) is 5.11 Å². The normalized spacial score (nSPS) is 12.4. The van der Waals surface area contributed by atoms with E-state index in [1.807, 2.05) is 19.2 Å². The molecule has 5 nitrogen and oxygen atoms in total. The maximum Gasteiger partial charge on any atom is 0.341 e. The maximum absolute atomic E-state index is 11.6. The number of carbonyl (C=O) groups is 1. The number of pyridine rings is 1. The summed E-state index contributed by atoms with van der Waals surface area (Å²) in [5, 5.41) is 11.8. The second-order valence-corrected chi connectivity index (χ2v) is 5.30. The molecule has 2 heterocycles. The minimum absolute atomic E-state index is 0.0996. The van der Waals surface area contributed by atoms with Gasteiger partial charge in [0.15, 0.2) is 5.43 Å². The van der Waals surface area contributed by atoms with Gasteiger partial charge < -0.3 is 9.67 Å². The van der Waals surface area contributed by atoms with Gasteiger partial charge in [0.25, 0.3) is 0 Å². The molecule has 0 saturated carbocycles. The Morgan fingerprint density at radius 3 is 2.68 bits per heavy atom. The molecule has 0 amide bonds. The zero-order valence-electron chi connectivity index (χ0n) is 10.9. The van der Waals surface area contributed by atoms with Gasteiger partial charge in [0.05, 0.1) is 6.04 Å². The Hall–Kier alpha value is -1.95. The third-order valence-electron chi connectivity index (χ3n) is 2.92. The smallest absolute Gasteiger partial charge is 0.341 e. The van der Waals surface area contributed by atoms with Gasteiger partial charge in [-0.3, -0.25) is 4.79 Å². The molecular formula is C13H14N2O3S. The van der Waals surface area contributed by atoms with Gasteiger partial charge in [-0.25, -0.2) is 9.78 Å². The van der Waals surface area contributed by atoms with Crippen LogP contribution in [0.2, 0.25) is 0 Å². The number of aryl methyl sites for hydroxylation is 2. The van der Waals surface area contributed by atoms with Crippen LogP contribution >= 0.6 is 11.3 Å². The highest BCUT2D eigenvalue weighted by Crippen LogP contribution is 2.22. The molecule has 0 radical (unpaired) electrons. The molecule has 2 rings (SSSR count). The molecule has 2 aromatic rings. The van der Waals surface area contributed by atoms with E-state index in [9.17, 15) is 9.59 Å². The van der Waals surface area contributed by atoms with Crippen molar-refractivity contribution < 1.29 is 9.90 Å². The van der Waals surface area contributed by atoms with Crippen molar-refractivity contribution in [3.63, 3.8) is 0 Å². The molecule has 6 heteroatoms. The summed E-state index contributed by atoms with van der Waals surface area (Å²) in [6, 6.07) is 1.25. The predicted octanol–water partition coefficient (Wildman–Crippen LogP) is 2.23. The fourth-order valence-corrected chi connectivity index (χ4v) is 2.76. The van der Waals surface area contributed by atoms with Crippen molar-refractivity contribution >= 4 is 17.3 Å². The Kier molecular flexibility index (Phi) is 3.53. The van der Waals surface area contributed by atoms with Crippen molar-refractivity contribution in [3.8, 4) is 0 Å². The minimum atomic E-state index is -1.21.